The summed E-state index contributed by atoms with van der Waals surface area (Å²) in [5.41, 5.74) is -0.319. The highest BCUT2D eigenvalue weighted by Crippen LogP contribution is 2.18. The molecular formula is C9H15NO3. The predicted molar refractivity (Wildman–Crippen MR) is 47.1 cm³/mol. The Morgan fingerprint density at radius 3 is 2.46 bits per heavy atom. The van der Waals surface area contributed by atoms with Gasteiger partial charge in [-0.1, -0.05) is 13.8 Å². The quantitative estimate of drug-likeness (QED) is 0.620. The van der Waals surface area contributed by atoms with Gasteiger partial charge in [-0.25, -0.2) is 0 Å². The Morgan fingerprint density at radius 2 is 2.08 bits per heavy atom. The van der Waals surface area contributed by atoms with E-state index in [1.54, 1.807) is 0 Å². The molecule has 0 aromatic rings. The second-order valence-corrected chi connectivity index (χ2v) is 4.29. The summed E-state index contributed by atoms with van der Waals surface area (Å²) in [6.45, 7) is 4.41. The number of amides is 1. The van der Waals surface area contributed by atoms with Crippen molar-refractivity contribution in [3.05, 3.63) is 0 Å². The molecule has 4 nitrogen and oxygen atoms in total. The molecule has 1 amide bonds. The van der Waals surface area contributed by atoms with Gasteiger partial charge in [-0.05, 0) is 0 Å². The maximum Gasteiger partial charge on any atom is 0.230 e. The molecule has 74 valence electrons. The molecule has 0 aromatic carbocycles. The van der Waals surface area contributed by atoms with Crippen LogP contribution in [0.25, 0.3) is 0 Å². The third-order valence-corrected chi connectivity index (χ3v) is 2.12. The maximum absolute atomic E-state index is 11.2. The van der Waals surface area contributed by atoms with Crippen LogP contribution < -0.4 is 0 Å². The summed E-state index contributed by atoms with van der Waals surface area (Å²) in [5.74, 6) is -0.148. The van der Waals surface area contributed by atoms with Crippen LogP contribution in [0.1, 0.15) is 20.3 Å². The van der Waals surface area contributed by atoms with Crippen molar-refractivity contribution in [2.45, 2.75) is 20.3 Å². The Morgan fingerprint density at radius 1 is 1.46 bits per heavy atom. The zero-order valence-electron chi connectivity index (χ0n) is 8.04. The van der Waals surface area contributed by atoms with Gasteiger partial charge in [0.2, 0.25) is 5.91 Å². The van der Waals surface area contributed by atoms with Crippen molar-refractivity contribution in [2.75, 3.05) is 19.7 Å². The minimum atomic E-state index is -0.319. The molecule has 0 radical (unpaired) electrons. The highest BCUT2D eigenvalue weighted by Gasteiger charge is 2.31. The van der Waals surface area contributed by atoms with E-state index in [4.69, 9.17) is 5.11 Å². The molecule has 0 aromatic heterocycles. The van der Waals surface area contributed by atoms with Crippen molar-refractivity contribution in [2.24, 2.45) is 5.41 Å². The fourth-order valence-electron chi connectivity index (χ4n) is 1.35. The molecule has 0 spiro atoms. The predicted octanol–water partition coefficient (Wildman–Crippen LogP) is -0.194. The molecule has 1 aliphatic heterocycles. The number of Topliss-reactive ketones (excluding diaryl/α,β-unsaturated/α-hetero) is 1. The molecule has 0 atom stereocenters. The van der Waals surface area contributed by atoms with E-state index in [0.717, 1.165) is 0 Å². The van der Waals surface area contributed by atoms with E-state index in [9.17, 15) is 9.59 Å². The van der Waals surface area contributed by atoms with Crippen LogP contribution in [0.5, 0.6) is 0 Å². The molecule has 1 saturated heterocycles. The van der Waals surface area contributed by atoms with E-state index in [1.807, 2.05) is 13.8 Å². The number of hydrogen-bond acceptors (Lipinski definition) is 3. The van der Waals surface area contributed by atoms with E-state index in [2.05, 4.69) is 0 Å². The van der Waals surface area contributed by atoms with Crippen LogP contribution in [0.15, 0.2) is 0 Å². The largest absolute Gasteiger partial charge is 0.396 e. The number of hydrogen-bond donors (Lipinski definition) is 1. The van der Waals surface area contributed by atoms with E-state index in [-0.39, 0.29) is 36.7 Å². The maximum atomic E-state index is 11.2. The van der Waals surface area contributed by atoms with Crippen LogP contribution in [0.3, 0.4) is 0 Å². The number of carbonyl (C=O) groups excluding carboxylic acids is 2. The standard InChI is InChI=1S/C9H15NO3/c1-9(2,6-11)5-10-4-7(12)3-8(10)13/h11H,3-6H2,1-2H3. The summed E-state index contributed by atoms with van der Waals surface area (Å²) in [6.07, 6.45) is 0.0293. The van der Waals surface area contributed by atoms with Crippen molar-refractivity contribution in [3.63, 3.8) is 0 Å². The third-order valence-electron chi connectivity index (χ3n) is 2.12. The van der Waals surface area contributed by atoms with Gasteiger partial charge in [-0.15, -0.1) is 0 Å². The van der Waals surface area contributed by atoms with Crippen molar-refractivity contribution < 1.29 is 14.7 Å². The SMILES string of the molecule is CC(C)(CO)CN1CC(=O)CC1=O. The van der Waals surface area contributed by atoms with E-state index in [0.29, 0.717) is 6.54 Å². The summed E-state index contributed by atoms with van der Waals surface area (Å²) < 4.78 is 0. The molecule has 0 bridgehead atoms. The Kier molecular flexibility index (Phi) is 2.71. The van der Waals surface area contributed by atoms with Crippen LogP contribution in [-0.2, 0) is 9.59 Å². The van der Waals surface area contributed by atoms with Crippen LogP contribution in [-0.4, -0.2) is 41.4 Å². The summed E-state index contributed by atoms with van der Waals surface area (Å²) in [4.78, 5) is 23.6. The number of aliphatic hydroxyl groups is 1. The number of likely N-dealkylation sites (tertiary alicyclic amines) is 1. The molecule has 0 unspecified atom stereocenters. The minimum absolute atomic E-state index is 0.0188. The van der Waals surface area contributed by atoms with E-state index >= 15 is 0 Å². The Bertz CT molecular complexity index is 235. The van der Waals surface area contributed by atoms with Crippen molar-refractivity contribution in [1.82, 2.24) is 4.90 Å². The van der Waals surface area contributed by atoms with Crippen molar-refractivity contribution in [3.8, 4) is 0 Å². The molecular weight excluding hydrogens is 170 g/mol. The number of nitrogens with zero attached hydrogens (tertiary/aromatic N) is 1. The number of carbonyl (C=O) groups is 2. The van der Waals surface area contributed by atoms with Gasteiger partial charge in [0, 0.05) is 18.6 Å². The van der Waals surface area contributed by atoms with Gasteiger partial charge in [0.1, 0.15) is 0 Å². The zero-order chi connectivity index (χ0) is 10.1. The minimum Gasteiger partial charge on any atom is -0.396 e. The zero-order valence-corrected chi connectivity index (χ0v) is 8.04. The van der Waals surface area contributed by atoms with Crippen LogP contribution in [0, 0.1) is 5.41 Å². The van der Waals surface area contributed by atoms with Gasteiger partial charge in [0.25, 0.3) is 0 Å². The lowest BCUT2D eigenvalue weighted by atomic mass is 9.94. The van der Waals surface area contributed by atoms with Gasteiger partial charge in [-0.3, -0.25) is 9.59 Å². The normalized spacial score (nSPS) is 18.5. The fraction of sp³-hybridized carbons (Fsp3) is 0.778. The lowest BCUT2D eigenvalue weighted by Crippen LogP contribution is -2.37. The van der Waals surface area contributed by atoms with Gasteiger partial charge in [0.05, 0.1) is 13.0 Å². The van der Waals surface area contributed by atoms with Crippen LogP contribution in [0.4, 0.5) is 0 Å². The Hall–Kier alpha value is -0.900. The summed E-state index contributed by atoms with van der Waals surface area (Å²) in [6, 6.07) is 0. The molecule has 1 aliphatic rings. The first-order chi connectivity index (χ1) is 5.94. The first-order valence-electron chi connectivity index (χ1n) is 4.35. The van der Waals surface area contributed by atoms with E-state index < -0.39 is 0 Å². The number of rotatable bonds is 3. The van der Waals surface area contributed by atoms with Crippen LogP contribution in [0.2, 0.25) is 0 Å². The van der Waals surface area contributed by atoms with Crippen molar-refractivity contribution in [1.29, 1.82) is 0 Å². The molecule has 4 heteroatoms. The average Bonchev–Trinajstić information content (AvgIpc) is 2.30. The molecule has 1 fully saturated rings. The van der Waals surface area contributed by atoms with Gasteiger partial charge in [0.15, 0.2) is 5.78 Å². The second kappa shape index (κ2) is 3.46. The van der Waals surface area contributed by atoms with Crippen LogP contribution >= 0.6 is 0 Å². The van der Waals surface area contributed by atoms with Crippen molar-refractivity contribution >= 4 is 11.7 Å². The third kappa shape index (κ3) is 2.52. The first-order valence-corrected chi connectivity index (χ1v) is 4.35. The first kappa shape index (κ1) is 10.2. The summed E-state index contributed by atoms with van der Waals surface area (Å²) in [7, 11) is 0. The molecule has 1 rings (SSSR count). The van der Waals surface area contributed by atoms with Gasteiger partial charge >= 0.3 is 0 Å². The average molecular weight is 185 g/mol. The highest BCUT2D eigenvalue weighted by atomic mass is 16.3. The topological polar surface area (TPSA) is 57.6 Å². The number of aliphatic hydroxyl groups excluding tert-OH is 1. The summed E-state index contributed by atoms with van der Waals surface area (Å²) >= 11 is 0. The molecule has 1 N–H and O–H groups in total. The highest BCUT2D eigenvalue weighted by molar-refractivity contribution is 6.05. The van der Waals surface area contributed by atoms with Gasteiger partial charge in [-0.2, -0.15) is 0 Å². The summed E-state index contributed by atoms with van der Waals surface area (Å²) in [5, 5.41) is 8.98. The Balaban J connectivity index is 2.55. The van der Waals surface area contributed by atoms with E-state index in [1.165, 1.54) is 4.90 Å². The lowest BCUT2D eigenvalue weighted by molar-refractivity contribution is -0.129. The second-order valence-electron chi connectivity index (χ2n) is 4.29. The molecule has 13 heavy (non-hydrogen) atoms. The Labute approximate surface area is 77.5 Å². The number of ketones is 1. The molecule has 0 aliphatic carbocycles. The molecule has 1 heterocycles. The molecule has 0 saturated carbocycles. The smallest absolute Gasteiger partial charge is 0.230 e. The fourth-order valence-corrected chi connectivity index (χ4v) is 1.35. The van der Waals surface area contributed by atoms with Gasteiger partial charge < -0.3 is 10.0 Å². The monoisotopic (exact) mass is 185 g/mol. The lowest BCUT2D eigenvalue weighted by Gasteiger charge is -2.27.